The zero-order chi connectivity index (χ0) is 19.6. The Morgan fingerprint density at radius 3 is 2.44 bits per heavy atom. The van der Waals surface area contributed by atoms with Crippen molar-refractivity contribution in [2.75, 3.05) is 6.61 Å². The van der Waals surface area contributed by atoms with E-state index in [9.17, 15) is 9.59 Å². The van der Waals surface area contributed by atoms with Crippen molar-refractivity contribution in [1.82, 2.24) is 4.57 Å². The number of nitrogens with zero attached hydrogens (tertiary/aromatic N) is 1. The van der Waals surface area contributed by atoms with Gasteiger partial charge in [-0.25, -0.2) is 9.59 Å². The molecule has 0 fully saturated rings. The molecule has 3 aromatic rings. The average molecular weight is 408 g/mol. The first-order valence-electron chi connectivity index (χ1n) is 8.59. The maximum Gasteiger partial charge on any atom is 0.422 e. The molecule has 1 heterocycles. The molecule has 7 heteroatoms. The van der Waals surface area contributed by atoms with E-state index < -0.39 is 11.4 Å². The molecule has 0 amide bonds. The lowest BCUT2D eigenvalue weighted by atomic mass is 10.1. The van der Waals surface area contributed by atoms with Crippen molar-refractivity contribution < 1.29 is 9.15 Å². The number of benzene rings is 2. The summed E-state index contributed by atoms with van der Waals surface area (Å²) < 4.78 is 12.0. The molecular formula is C20H19Cl2NO4. The van der Waals surface area contributed by atoms with Crippen LogP contribution in [0.2, 0.25) is 10.0 Å². The van der Waals surface area contributed by atoms with Crippen LogP contribution in [0.25, 0.3) is 10.9 Å². The minimum atomic E-state index is -0.675. The van der Waals surface area contributed by atoms with Gasteiger partial charge in [-0.15, -0.1) is 0 Å². The van der Waals surface area contributed by atoms with Gasteiger partial charge < -0.3 is 9.15 Å². The number of rotatable bonds is 6. The molecule has 1 aromatic heterocycles. The van der Waals surface area contributed by atoms with Gasteiger partial charge in [-0.05, 0) is 68.1 Å². The van der Waals surface area contributed by atoms with Crippen molar-refractivity contribution in [2.24, 2.45) is 0 Å². The van der Waals surface area contributed by atoms with Crippen LogP contribution in [0.15, 0.2) is 44.3 Å². The number of aromatic nitrogens is 1. The minimum Gasteiger partial charge on any atom is -0.494 e. The Morgan fingerprint density at radius 2 is 1.74 bits per heavy atom. The van der Waals surface area contributed by atoms with Crippen molar-refractivity contribution in [3.05, 3.63) is 72.5 Å². The van der Waals surface area contributed by atoms with Gasteiger partial charge in [0.25, 0.3) is 0 Å². The third-order valence-corrected chi connectivity index (χ3v) is 5.16. The van der Waals surface area contributed by atoms with E-state index in [1.807, 2.05) is 26.0 Å². The highest BCUT2D eigenvalue weighted by Crippen LogP contribution is 2.26. The Hall–Kier alpha value is -2.24. The van der Waals surface area contributed by atoms with E-state index in [1.165, 1.54) is 10.6 Å². The topological polar surface area (TPSA) is 61.4 Å². The maximum atomic E-state index is 12.1. The van der Waals surface area contributed by atoms with Crippen molar-refractivity contribution >= 4 is 34.1 Å². The molecular weight excluding hydrogens is 389 g/mol. The van der Waals surface area contributed by atoms with E-state index in [0.717, 1.165) is 28.3 Å². The summed E-state index contributed by atoms with van der Waals surface area (Å²) in [6.45, 7) is 4.81. The quantitative estimate of drug-likeness (QED) is 0.553. The van der Waals surface area contributed by atoms with Crippen molar-refractivity contribution in [1.29, 1.82) is 0 Å². The number of halogens is 2. The largest absolute Gasteiger partial charge is 0.494 e. The van der Waals surface area contributed by atoms with Crippen LogP contribution in [-0.2, 0) is 6.54 Å². The number of unbranched alkanes of at least 4 members (excludes halogenated alkanes) is 1. The van der Waals surface area contributed by atoms with Crippen LogP contribution < -0.4 is 16.1 Å². The van der Waals surface area contributed by atoms with E-state index in [2.05, 4.69) is 0 Å². The normalized spacial score (nSPS) is 11.1. The van der Waals surface area contributed by atoms with Crippen LogP contribution in [0.4, 0.5) is 0 Å². The number of hydrogen-bond acceptors (Lipinski definition) is 4. The molecule has 0 aliphatic rings. The standard InChI is InChI=1S/C20H19Cl2NO4/c1-12-9-15(10-13(2)18(12)22)26-8-4-3-7-23-17-6-5-14(21)11-16(17)19(24)27-20(23)25/h5-6,9-11H,3-4,7-8H2,1-2H3. The molecule has 3 rings (SSSR count). The fourth-order valence-corrected chi connectivity index (χ4v) is 3.24. The monoisotopic (exact) mass is 407 g/mol. The summed E-state index contributed by atoms with van der Waals surface area (Å²) in [5.41, 5.74) is 1.79. The Balaban J connectivity index is 1.65. The van der Waals surface area contributed by atoms with Crippen molar-refractivity contribution in [3.8, 4) is 5.75 Å². The zero-order valence-corrected chi connectivity index (χ0v) is 16.6. The van der Waals surface area contributed by atoms with Crippen LogP contribution in [0.1, 0.15) is 24.0 Å². The average Bonchev–Trinajstić information content (AvgIpc) is 2.62. The smallest absolute Gasteiger partial charge is 0.422 e. The van der Waals surface area contributed by atoms with Gasteiger partial charge in [-0.1, -0.05) is 23.2 Å². The van der Waals surface area contributed by atoms with Crippen molar-refractivity contribution in [3.63, 3.8) is 0 Å². The third kappa shape index (κ3) is 4.37. The van der Waals surface area contributed by atoms with Gasteiger partial charge in [0.05, 0.1) is 17.5 Å². The number of ether oxygens (including phenoxy) is 1. The van der Waals surface area contributed by atoms with Gasteiger partial charge in [0.1, 0.15) is 5.75 Å². The molecule has 5 nitrogen and oxygen atoms in total. The zero-order valence-electron chi connectivity index (χ0n) is 15.1. The van der Waals surface area contributed by atoms with E-state index in [0.29, 0.717) is 35.5 Å². The van der Waals surface area contributed by atoms with Gasteiger partial charge in [0, 0.05) is 16.6 Å². The Morgan fingerprint density at radius 1 is 1.04 bits per heavy atom. The Bertz CT molecular complexity index is 1080. The number of fused-ring (bicyclic) bond motifs is 1. The molecule has 0 N–H and O–H groups in total. The summed E-state index contributed by atoms with van der Waals surface area (Å²) in [4.78, 5) is 23.9. The third-order valence-electron chi connectivity index (χ3n) is 4.32. The SMILES string of the molecule is Cc1cc(OCCCCn2c(=O)oc(=O)c3cc(Cl)ccc32)cc(C)c1Cl. The van der Waals surface area contributed by atoms with Gasteiger partial charge in [0.15, 0.2) is 0 Å². The Labute approximate surface area is 166 Å². The van der Waals surface area contributed by atoms with Gasteiger partial charge in [-0.3, -0.25) is 4.57 Å². The second kappa shape index (κ2) is 8.19. The highest BCUT2D eigenvalue weighted by Gasteiger charge is 2.10. The molecule has 27 heavy (non-hydrogen) atoms. The second-order valence-electron chi connectivity index (χ2n) is 6.40. The summed E-state index contributed by atoms with van der Waals surface area (Å²) in [6, 6.07) is 8.62. The van der Waals surface area contributed by atoms with Crippen LogP contribution in [-0.4, -0.2) is 11.2 Å². The lowest BCUT2D eigenvalue weighted by molar-refractivity contribution is 0.300. The van der Waals surface area contributed by atoms with Gasteiger partial charge in [-0.2, -0.15) is 0 Å². The fraction of sp³-hybridized carbons (Fsp3) is 0.300. The van der Waals surface area contributed by atoms with Crippen LogP contribution in [0.3, 0.4) is 0 Å². The summed E-state index contributed by atoms with van der Waals surface area (Å²) in [5.74, 6) is 0.108. The van der Waals surface area contributed by atoms with E-state index >= 15 is 0 Å². The highest BCUT2D eigenvalue weighted by atomic mass is 35.5. The van der Waals surface area contributed by atoms with Gasteiger partial charge >= 0.3 is 11.4 Å². The van der Waals surface area contributed by atoms with Crippen LogP contribution >= 0.6 is 23.2 Å². The fourth-order valence-electron chi connectivity index (χ4n) is 2.96. The maximum absolute atomic E-state index is 12.1. The predicted molar refractivity (Wildman–Crippen MR) is 107 cm³/mol. The molecule has 0 aliphatic carbocycles. The van der Waals surface area contributed by atoms with E-state index in [-0.39, 0.29) is 0 Å². The molecule has 142 valence electrons. The van der Waals surface area contributed by atoms with Crippen molar-refractivity contribution in [2.45, 2.75) is 33.2 Å². The predicted octanol–water partition coefficient (Wildman–Crippen LogP) is 4.74. The lowest BCUT2D eigenvalue weighted by Gasteiger charge is -2.11. The molecule has 0 aliphatic heterocycles. The molecule has 0 radical (unpaired) electrons. The summed E-state index contributed by atoms with van der Waals surface area (Å²) >= 11 is 12.1. The first-order chi connectivity index (χ1) is 12.9. The van der Waals surface area contributed by atoms with E-state index in [1.54, 1.807) is 12.1 Å². The molecule has 0 atom stereocenters. The highest BCUT2D eigenvalue weighted by molar-refractivity contribution is 6.32. The molecule has 0 saturated carbocycles. The first kappa shape index (κ1) is 19.5. The first-order valence-corrected chi connectivity index (χ1v) is 9.35. The lowest BCUT2D eigenvalue weighted by Crippen LogP contribution is -2.25. The van der Waals surface area contributed by atoms with Crippen LogP contribution in [0, 0.1) is 13.8 Å². The van der Waals surface area contributed by atoms with E-state index in [4.69, 9.17) is 32.4 Å². The number of aryl methyl sites for hydroxylation is 3. The molecule has 0 saturated heterocycles. The number of hydrogen-bond donors (Lipinski definition) is 0. The van der Waals surface area contributed by atoms with Gasteiger partial charge in [0.2, 0.25) is 0 Å². The van der Waals surface area contributed by atoms with Crippen LogP contribution in [0.5, 0.6) is 5.75 Å². The molecule has 0 bridgehead atoms. The summed E-state index contributed by atoms with van der Waals surface area (Å²) in [7, 11) is 0. The minimum absolute atomic E-state index is 0.297. The summed E-state index contributed by atoms with van der Waals surface area (Å²) in [6.07, 6.45) is 1.43. The summed E-state index contributed by atoms with van der Waals surface area (Å²) in [5, 5.41) is 1.46. The Kier molecular flexibility index (Phi) is 5.92. The molecule has 0 spiro atoms. The molecule has 2 aromatic carbocycles. The second-order valence-corrected chi connectivity index (χ2v) is 7.21. The molecule has 0 unspecified atom stereocenters.